The van der Waals surface area contributed by atoms with Crippen molar-refractivity contribution in [2.24, 2.45) is 11.7 Å². The molecule has 0 radical (unpaired) electrons. The van der Waals surface area contributed by atoms with E-state index < -0.39 is 36.0 Å². The van der Waals surface area contributed by atoms with Gasteiger partial charge in [0.25, 0.3) is 11.8 Å². The van der Waals surface area contributed by atoms with Crippen LogP contribution in [0.5, 0.6) is 0 Å². The molecule has 51 heavy (non-hydrogen) atoms. The third-order valence-corrected chi connectivity index (χ3v) is 11.6. The van der Waals surface area contributed by atoms with Crippen molar-refractivity contribution in [3.05, 3.63) is 75.9 Å². The van der Waals surface area contributed by atoms with Crippen molar-refractivity contribution < 1.29 is 18.4 Å². The highest BCUT2D eigenvalue weighted by Crippen LogP contribution is 2.44. The summed E-state index contributed by atoms with van der Waals surface area (Å²) in [5.74, 6) is -0.788. The summed E-state index contributed by atoms with van der Waals surface area (Å²) >= 11 is 6.22. The van der Waals surface area contributed by atoms with Crippen LogP contribution in [-0.4, -0.2) is 65.6 Å². The van der Waals surface area contributed by atoms with Gasteiger partial charge in [-0.2, -0.15) is 0 Å². The van der Waals surface area contributed by atoms with Gasteiger partial charge in [0, 0.05) is 42.0 Å². The zero-order valence-electron chi connectivity index (χ0n) is 28.3. The summed E-state index contributed by atoms with van der Waals surface area (Å²) in [6, 6.07) is 11.0. The fourth-order valence-corrected chi connectivity index (χ4v) is 8.74. The number of nitrogens with two attached hydrogens (primary N) is 1. The maximum Gasteiger partial charge on any atom is 0.254 e. The van der Waals surface area contributed by atoms with Crippen LogP contribution >= 0.6 is 11.6 Å². The van der Waals surface area contributed by atoms with Crippen molar-refractivity contribution in [1.29, 1.82) is 0 Å². The average Bonchev–Trinajstić information content (AvgIpc) is 3.68. The molecule has 5 atom stereocenters. The number of rotatable bonds is 3. The van der Waals surface area contributed by atoms with E-state index in [9.17, 15) is 9.59 Å². The number of alkyl halides is 1. The van der Waals surface area contributed by atoms with Gasteiger partial charge in [0.1, 0.15) is 28.3 Å². The number of hydrogen-bond acceptors (Lipinski definition) is 6. The Kier molecular flexibility index (Phi) is 7.88. The molecule has 5 aromatic rings. The number of hydrogen-bond donors (Lipinski definition) is 2. The van der Waals surface area contributed by atoms with E-state index in [1.807, 2.05) is 29.7 Å². The van der Waals surface area contributed by atoms with Gasteiger partial charge in [0.05, 0.1) is 40.2 Å². The van der Waals surface area contributed by atoms with Gasteiger partial charge in [0.2, 0.25) is 0 Å². The van der Waals surface area contributed by atoms with E-state index in [0.29, 0.717) is 64.8 Å². The zero-order valence-corrected chi connectivity index (χ0v) is 29.0. The van der Waals surface area contributed by atoms with Gasteiger partial charge in [-0.05, 0) is 94.3 Å². The first kappa shape index (κ1) is 32.5. The quantitative estimate of drug-likeness (QED) is 0.201. The first-order valence-corrected chi connectivity index (χ1v) is 18.4. The van der Waals surface area contributed by atoms with Crippen molar-refractivity contribution in [2.75, 3.05) is 6.54 Å². The number of piperidine rings is 1. The molecule has 3 fully saturated rings. The minimum Gasteiger partial charge on any atom is -0.344 e. The fraction of sp³-hybridized carbons (Fsp3) is 0.447. The molecular formula is C38H39ClF2N8O2. The second-order valence-electron chi connectivity index (χ2n) is 14.7. The summed E-state index contributed by atoms with van der Waals surface area (Å²) < 4.78 is 35.5. The molecule has 10 nitrogen and oxygen atoms in total. The number of halogens is 3. The number of carbonyl (C=O) groups excluding carboxylic acids is 2. The molecule has 3 N–H and O–H groups in total. The number of amides is 2. The Hall–Kier alpha value is -4.42. The highest BCUT2D eigenvalue weighted by molar-refractivity contribution is 6.29. The maximum absolute atomic E-state index is 16.3. The lowest BCUT2D eigenvalue weighted by Gasteiger charge is -2.39. The van der Waals surface area contributed by atoms with Crippen molar-refractivity contribution in [1.82, 2.24) is 34.3 Å². The molecule has 1 aromatic carbocycles. The highest BCUT2D eigenvalue weighted by atomic mass is 35.5. The third-order valence-electron chi connectivity index (χ3n) is 11.4. The second kappa shape index (κ2) is 12.4. The number of fused-ring (bicyclic) bond motifs is 5. The fourth-order valence-electron chi connectivity index (χ4n) is 8.57. The van der Waals surface area contributed by atoms with Crippen LogP contribution in [0.2, 0.25) is 5.15 Å². The van der Waals surface area contributed by atoms with Crippen LogP contribution in [0.4, 0.5) is 8.78 Å². The van der Waals surface area contributed by atoms with Crippen LogP contribution in [0.15, 0.2) is 42.5 Å². The van der Waals surface area contributed by atoms with Gasteiger partial charge >= 0.3 is 0 Å². The topological polar surface area (TPSA) is 124 Å². The molecule has 9 rings (SSSR count). The lowest BCUT2D eigenvalue weighted by molar-refractivity contribution is 0.0361. The van der Waals surface area contributed by atoms with Crippen molar-refractivity contribution in [2.45, 2.75) is 95.2 Å². The van der Waals surface area contributed by atoms with E-state index >= 15 is 8.78 Å². The number of carbonyl (C=O) groups is 2. The zero-order chi connectivity index (χ0) is 35.1. The van der Waals surface area contributed by atoms with Crippen molar-refractivity contribution in [3.63, 3.8) is 0 Å². The molecule has 1 saturated heterocycles. The molecule has 13 heteroatoms. The van der Waals surface area contributed by atoms with Crippen molar-refractivity contribution >= 4 is 45.5 Å². The van der Waals surface area contributed by atoms with Crippen molar-refractivity contribution in [3.8, 4) is 11.5 Å². The number of aryl methyl sites for hydroxylation is 2. The van der Waals surface area contributed by atoms with Crippen LogP contribution in [0.3, 0.4) is 0 Å². The number of likely N-dealkylation sites (tertiary alicyclic amines) is 1. The predicted octanol–water partition coefficient (Wildman–Crippen LogP) is 6.69. The number of benzene rings is 1. The van der Waals surface area contributed by atoms with Crippen LogP contribution in [0, 0.1) is 11.7 Å². The van der Waals surface area contributed by atoms with Gasteiger partial charge in [-0.15, -0.1) is 0 Å². The third kappa shape index (κ3) is 5.49. The number of aromatic nitrogens is 5. The second-order valence-corrected chi connectivity index (χ2v) is 15.1. The van der Waals surface area contributed by atoms with Crippen LogP contribution < -0.4 is 11.1 Å². The standard InChI is InChI=1S/C38H39ClF2N8O2/c1-19-27-11-6-20-17-31(47(35(20)45-27)14-4-2-3-5-28-24(37(50)43-19)10-13-32(39)44-28)36-46-29-16-21(15-25(40)34(29)49(36)22-7-8-22)38(51)48-18-26(42)23-9-12-30(48)33(23)41/h6,10-11,13,15-17,19,22-23,26,30,33H,2-5,7-9,12,14,18,42H2,1H3,(H,43,50)/t19-,23+,26+,30+,33+/m1/s1. The van der Waals surface area contributed by atoms with Gasteiger partial charge in [-0.1, -0.05) is 18.0 Å². The van der Waals surface area contributed by atoms with Gasteiger partial charge in [-0.25, -0.2) is 23.7 Å². The molecule has 2 aliphatic carbocycles. The molecule has 4 aliphatic rings. The molecule has 0 unspecified atom stereocenters. The van der Waals surface area contributed by atoms with Gasteiger partial charge in [-0.3, -0.25) is 9.59 Å². The monoisotopic (exact) mass is 712 g/mol. The molecule has 2 saturated carbocycles. The van der Waals surface area contributed by atoms with E-state index in [1.54, 1.807) is 18.2 Å². The minimum atomic E-state index is -1.17. The van der Waals surface area contributed by atoms with E-state index in [0.717, 1.165) is 48.8 Å². The van der Waals surface area contributed by atoms with E-state index in [1.165, 1.54) is 11.0 Å². The Balaban J connectivity index is 1.12. The Bertz CT molecular complexity index is 2230. The number of nitrogens with zero attached hydrogens (tertiary/aromatic N) is 6. The number of nitrogens with one attached hydrogen (secondary N) is 1. The summed E-state index contributed by atoms with van der Waals surface area (Å²) in [5, 5.41) is 4.35. The molecule has 0 spiro atoms. The van der Waals surface area contributed by atoms with Gasteiger partial charge < -0.3 is 25.1 Å². The Morgan fingerprint density at radius 1 is 1.02 bits per heavy atom. The summed E-state index contributed by atoms with van der Waals surface area (Å²) in [5.41, 5.74) is 10.6. The first-order chi connectivity index (χ1) is 24.7. The molecule has 264 valence electrons. The normalized spacial score (nSPS) is 25.3. The van der Waals surface area contributed by atoms with E-state index in [4.69, 9.17) is 27.3 Å². The maximum atomic E-state index is 16.3. The molecule has 6 heterocycles. The Labute approximate surface area is 298 Å². The summed E-state index contributed by atoms with van der Waals surface area (Å²) in [6.07, 6.45) is 4.94. The van der Waals surface area contributed by atoms with E-state index in [2.05, 4.69) is 14.9 Å². The van der Waals surface area contributed by atoms with Crippen LogP contribution in [0.1, 0.15) is 96.1 Å². The smallest absolute Gasteiger partial charge is 0.254 e. The van der Waals surface area contributed by atoms with Crippen LogP contribution in [0.25, 0.3) is 33.6 Å². The van der Waals surface area contributed by atoms with Gasteiger partial charge in [0.15, 0.2) is 5.82 Å². The number of pyridine rings is 2. The summed E-state index contributed by atoms with van der Waals surface area (Å²) in [4.78, 5) is 43.3. The SMILES string of the molecule is C[C@H]1NC(=O)c2ccc(Cl)nc2CCCCCn2c(-c3nc4cc(C(=O)N5C[C@H](N)[C@@H]6CC[C@H]5[C@H]6F)cc(F)c4n3C3CC3)cc3ccc1nc32. The lowest BCUT2D eigenvalue weighted by atomic mass is 9.92. The van der Waals surface area contributed by atoms with Crippen LogP contribution in [-0.2, 0) is 13.0 Å². The summed E-state index contributed by atoms with van der Waals surface area (Å²) in [6.45, 7) is 2.80. The Morgan fingerprint density at radius 2 is 1.86 bits per heavy atom. The summed E-state index contributed by atoms with van der Waals surface area (Å²) in [7, 11) is 0. The lowest BCUT2D eigenvalue weighted by Crippen LogP contribution is -2.57. The molecule has 4 aromatic heterocycles. The Morgan fingerprint density at radius 3 is 2.69 bits per heavy atom. The number of imidazole rings is 1. The molecule has 2 aliphatic heterocycles. The molecular weight excluding hydrogens is 674 g/mol. The predicted molar refractivity (Wildman–Crippen MR) is 190 cm³/mol. The molecule has 4 bridgehead atoms. The molecule has 2 amide bonds. The largest absolute Gasteiger partial charge is 0.344 e. The average molecular weight is 713 g/mol. The first-order valence-electron chi connectivity index (χ1n) is 18.0. The van der Waals surface area contributed by atoms with E-state index in [-0.39, 0.29) is 30.0 Å². The highest BCUT2D eigenvalue weighted by Gasteiger charge is 2.49. The minimum absolute atomic E-state index is 0.0753.